The highest BCUT2D eigenvalue weighted by Gasteiger charge is 2.34. The van der Waals surface area contributed by atoms with Crippen LogP contribution in [-0.4, -0.2) is 49.7 Å². The van der Waals surface area contributed by atoms with Crippen LogP contribution in [-0.2, 0) is 9.53 Å². The Morgan fingerprint density at radius 3 is 3.06 bits per heavy atom. The van der Waals surface area contributed by atoms with E-state index in [1.807, 2.05) is 11.8 Å². The quantitative estimate of drug-likeness (QED) is 0.764. The lowest BCUT2D eigenvalue weighted by molar-refractivity contribution is -0.136. The minimum absolute atomic E-state index is 0.210. The number of rotatable bonds is 4. The van der Waals surface area contributed by atoms with Crippen LogP contribution in [0.4, 0.5) is 0 Å². The second kappa shape index (κ2) is 5.64. The highest BCUT2D eigenvalue weighted by molar-refractivity contribution is 5.80. The minimum atomic E-state index is 0.210. The van der Waals surface area contributed by atoms with Crippen LogP contribution in [0.25, 0.3) is 0 Å². The molecule has 2 atom stereocenters. The van der Waals surface area contributed by atoms with Gasteiger partial charge in [-0.15, -0.1) is 0 Å². The first kappa shape index (κ1) is 11.9. The first-order valence-electron chi connectivity index (χ1n) is 6.42. The number of nitrogens with zero attached hydrogens (tertiary/aromatic N) is 1. The molecular weight excluding hydrogens is 204 g/mol. The summed E-state index contributed by atoms with van der Waals surface area (Å²) >= 11 is 0. The fraction of sp³-hybridized carbons (Fsp3) is 0.917. The lowest BCUT2D eigenvalue weighted by Crippen LogP contribution is -2.42. The van der Waals surface area contributed by atoms with Crippen molar-refractivity contribution in [2.24, 2.45) is 5.92 Å². The van der Waals surface area contributed by atoms with Gasteiger partial charge in [0.05, 0.1) is 18.6 Å². The normalized spacial score (nSPS) is 29.9. The molecule has 92 valence electrons. The fourth-order valence-corrected chi connectivity index (χ4v) is 2.65. The molecule has 4 nitrogen and oxygen atoms in total. The smallest absolute Gasteiger partial charge is 0.227 e. The minimum Gasteiger partial charge on any atom is -0.380 e. The molecule has 2 fully saturated rings. The van der Waals surface area contributed by atoms with Crippen molar-refractivity contribution in [2.75, 3.05) is 32.8 Å². The molecule has 0 unspecified atom stereocenters. The highest BCUT2D eigenvalue weighted by Crippen LogP contribution is 2.22. The van der Waals surface area contributed by atoms with E-state index in [-0.39, 0.29) is 5.92 Å². The van der Waals surface area contributed by atoms with E-state index in [4.69, 9.17) is 4.74 Å². The Balaban J connectivity index is 1.88. The molecule has 0 spiro atoms. The molecule has 0 bridgehead atoms. The van der Waals surface area contributed by atoms with E-state index in [1.165, 1.54) is 0 Å². The number of hydrogen-bond donors (Lipinski definition) is 1. The molecule has 2 aliphatic heterocycles. The van der Waals surface area contributed by atoms with E-state index < -0.39 is 0 Å². The number of hydrogen-bond acceptors (Lipinski definition) is 3. The van der Waals surface area contributed by atoms with E-state index in [9.17, 15) is 4.79 Å². The molecule has 0 saturated carbocycles. The van der Waals surface area contributed by atoms with Crippen LogP contribution >= 0.6 is 0 Å². The molecule has 2 heterocycles. The summed E-state index contributed by atoms with van der Waals surface area (Å²) in [5, 5.41) is 3.26. The number of amides is 1. The highest BCUT2D eigenvalue weighted by atomic mass is 16.5. The Morgan fingerprint density at radius 2 is 2.38 bits per heavy atom. The van der Waals surface area contributed by atoms with Crippen LogP contribution < -0.4 is 5.32 Å². The van der Waals surface area contributed by atoms with Crippen LogP contribution in [0.15, 0.2) is 0 Å². The van der Waals surface area contributed by atoms with Gasteiger partial charge in [0.15, 0.2) is 0 Å². The Bertz CT molecular complexity index is 239. The van der Waals surface area contributed by atoms with E-state index in [0.717, 1.165) is 45.5 Å². The summed E-state index contributed by atoms with van der Waals surface area (Å²) in [6, 6.07) is 0.327. The van der Waals surface area contributed by atoms with Crippen molar-refractivity contribution in [3.63, 3.8) is 0 Å². The lowest BCUT2D eigenvalue weighted by atomic mass is 10.1. The summed E-state index contributed by atoms with van der Waals surface area (Å²) in [6.07, 6.45) is 3.23. The van der Waals surface area contributed by atoms with Crippen LogP contribution in [0.1, 0.15) is 26.2 Å². The third-order valence-corrected chi connectivity index (χ3v) is 3.58. The standard InChI is InChI=1S/C12H22N2O2/c1-2-16-9-11-4-3-7-14(11)12(15)10-5-6-13-8-10/h10-11,13H,2-9H2,1H3/t10-,11+/m0/s1. The second-order valence-corrected chi connectivity index (χ2v) is 4.68. The number of carbonyl (C=O) groups is 1. The zero-order valence-corrected chi connectivity index (χ0v) is 10.1. The summed E-state index contributed by atoms with van der Waals surface area (Å²) in [5.41, 5.74) is 0. The third kappa shape index (κ3) is 2.55. The first-order chi connectivity index (χ1) is 7.83. The van der Waals surface area contributed by atoms with Crippen LogP contribution in [0, 0.1) is 5.92 Å². The summed E-state index contributed by atoms with van der Waals surface area (Å²) in [6.45, 7) is 6.22. The molecule has 0 aromatic carbocycles. The Hall–Kier alpha value is -0.610. The number of carbonyl (C=O) groups excluding carboxylic acids is 1. The zero-order chi connectivity index (χ0) is 11.4. The summed E-state index contributed by atoms with van der Waals surface area (Å²) in [4.78, 5) is 14.3. The molecule has 0 aromatic rings. The average molecular weight is 226 g/mol. The molecular formula is C12H22N2O2. The molecule has 16 heavy (non-hydrogen) atoms. The van der Waals surface area contributed by atoms with E-state index in [1.54, 1.807) is 0 Å². The van der Waals surface area contributed by atoms with Crippen molar-refractivity contribution in [2.45, 2.75) is 32.2 Å². The second-order valence-electron chi connectivity index (χ2n) is 4.68. The predicted octanol–water partition coefficient (Wildman–Crippen LogP) is 0.623. The van der Waals surface area contributed by atoms with Crippen LogP contribution in [0.5, 0.6) is 0 Å². The van der Waals surface area contributed by atoms with Crippen LogP contribution in [0.2, 0.25) is 0 Å². The van der Waals surface area contributed by atoms with E-state index in [2.05, 4.69) is 5.32 Å². The Labute approximate surface area is 97.3 Å². The maximum absolute atomic E-state index is 12.3. The zero-order valence-electron chi connectivity index (χ0n) is 10.1. The first-order valence-corrected chi connectivity index (χ1v) is 6.42. The molecule has 2 aliphatic rings. The summed E-state index contributed by atoms with van der Waals surface area (Å²) < 4.78 is 5.45. The van der Waals surface area contributed by atoms with Gasteiger partial charge in [0.1, 0.15) is 0 Å². The Morgan fingerprint density at radius 1 is 1.50 bits per heavy atom. The predicted molar refractivity (Wildman–Crippen MR) is 62.2 cm³/mol. The molecule has 0 radical (unpaired) electrons. The van der Waals surface area contributed by atoms with Gasteiger partial charge < -0.3 is 15.0 Å². The van der Waals surface area contributed by atoms with Gasteiger partial charge in [-0.2, -0.15) is 0 Å². The van der Waals surface area contributed by atoms with Gasteiger partial charge in [-0.05, 0) is 32.7 Å². The van der Waals surface area contributed by atoms with Gasteiger partial charge in [-0.3, -0.25) is 4.79 Å². The van der Waals surface area contributed by atoms with Gasteiger partial charge >= 0.3 is 0 Å². The van der Waals surface area contributed by atoms with Gasteiger partial charge in [0, 0.05) is 19.7 Å². The molecule has 1 amide bonds. The number of nitrogens with one attached hydrogen (secondary N) is 1. The molecule has 0 aromatic heterocycles. The maximum atomic E-state index is 12.3. The maximum Gasteiger partial charge on any atom is 0.227 e. The molecule has 4 heteroatoms. The topological polar surface area (TPSA) is 41.6 Å². The van der Waals surface area contributed by atoms with Gasteiger partial charge in [0.25, 0.3) is 0 Å². The lowest BCUT2D eigenvalue weighted by Gasteiger charge is -2.26. The van der Waals surface area contributed by atoms with E-state index >= 15 is 0 Å². The van der Waals surface area contributed by atoms with Crippen molar-refractivity contribution in [3.05, 3.63) is 0 Å². The largest absolute Gasteiger partial charge is 0.380 e. The van der Waals surface area contributed by atoms with Crippen molar-refractivity contribution in [3.8, 4) is 0 Å². The molecule has 2 saturated heterocycles. The fourth-order valence-electron chi connectivity index (χ4n) is 2.65. The van der Waals surface area contributed by atoms with Crippen molar-refractivity contribution in [1.29, 1.82) is 0 Å². The average Bonchev–Trinajstić information content (AvgIpc) is 2.96. The van der Waals surface area contributed by atoms with Crippen molar-refractivity contribution in [1.82, 2.24) is 10.2 Å². The molecule has 1 N–H and O–H groups in total. The van der Waals surface area contributed by atoms with Crippen LogP contribution in [0.3, 0.4) is 0 Å². The monoisotopic (exact) mass is 226 g/mol. The van der Waals surface area contributed by atoms with Gasteiger partial charge in [-0.25, -0.2) is 0 Å². The van der Waals surface area contributed by atoms with Gasteiger partial charge in [0.2, 0.25) is 5.91 Å². The number of likely N-dealkylation sites (tertiary alicyclic amines) is 1. The number of ether oxygens (including phenoxy) is 1. The summed E-state index contributed by atoms with van der Waals surface area (Å²) in [7, 11) is 0. The third-order valence-electron chi connectivity index (χ3n) is 3.58. The Kier molecular flexibility index (Phi) is 4.18. The SMILES string of the molecule is CCOC[C@H]1CCCN1C(=O)[C@H]1CCNC1. The summed E-state index contributed by atoms with van der Waals surface area (Å²) in [5.74, 6) is 0.550. The molecule has 0 aliphatic carbocycles. The van der Waals surface area contributed by atoms with Crippen molar-refractivity contribution < 1.29 is 9.53 Å². The molecule has 2 rings (SSSR count). The van der Waals surface area contributed by atoms with E-state index in [0.29, 0.717) is 18.6 Å². The van der Waals surface area contributed by atoms with Gasteiger partial charge in [-0.1, -0.05) is 0 Å². The van der Waals surface area contributed by atoms with Crippen molar-refractivity contribution >= 4 is 5.91 Å².